The summed E-state index contributed by atoms with van der Waals surface area (Å²) in [4.78, 5) is 11.8. The van der Waals surface area contributed by atoms with Crippen LogP contribution in [0.5, 0.6) is 0 Å². The van der Waals surface area contributed by atoms with Gasteiger partial charge in [-0.25, -0.2) is 0 Å². The zero-order valence-corrected chi connectivity index (χ0v) is 9.86. The van der Waals surface area contributed by atoms with Crippen LogP contribution in [0.4, 0.5) is 22.0 Å². The number of piperidine rings is 1. The summed E-state index contributed by atoms with van der Waals surface area (Å²) >= 11 is 0. The van der Waals surface area contributed by atoms with Crippen molar-refractivity contribution in [2.45, 2.75) is 38.3 Å². The maximum Gasteiger partial charge on any atom is 0.459 e. The number of carbonyl (C=O) groups excluding carboxylic acids is 1. The molecule has 0 atom stereocenters. The number of hydrogen-bond acceptors (Lipinski definition) is 2. The summed E-state index contributed by atoms with van der Waals surface area (Å²) in [6, 6.07) is 0. The summed E-state index contributed by atoms with van der Waals surface area (Å²) < 4.78 is 63.8. The summed E-state index contributed by atoms with van der Waals surface area (Å²) in [7, 11) is 0. The van der Waals surface area contributed by atoms with E-state index in [0.29, 0.717) is 18.9 Å². The van der Waals surface area contributed by atoms with E-state index in [0.717, 1.165) is 18.2 Å². The summed E-state index contributed by atoms with van der Waals surface area (Å²) in [6.07, 6.45) is -3.42. The van der Waals surface area contributed by atoms with Crippen molar-refractivity contribution in [2.24, 2.45) is 0 Å². The van der Waals surface area contributed by atoms with Crippen molar-refractivity contribution >= 4 is 5.78 Å². The van der Waals surface area contributed by atoms with Gasteiger partial charge in [-0.3, -0.25) is 4.79 Å². The van der Waals surface area contributed by atoms with Crippen molar-refractivity contribution in [2.75, 3.05) is 13.1 Å². The minimum atomic E-state index is -5.69. The fourth-order valence-corrected chi connectivity index (χ4v) is 1.85. The zero-order valence-electron chi connectivity index (χ0n) is 9.86. The molecule has 1 fully saturated rings. The lowest BCUT2D eigenvalue weighted by Gasteiger charge is -2.35. The lowest BCUT2D eigenvalue weighted by atomic mass is 10.1. The Morgan fingerprint density at radius 2 is 1.56 bits per heavy atom. The number of likely N-dealkylation sites (tertiary alicyclic amines) is 1. The topological polar surface area (TPSA) is 20.3 Å². The summed E-state index contributed by atoms with van der Waals surface area (Å²) in [5.41, 5.74) is -1.23. The Morgan fingerprint density at radius 1 is 1.06 bits per heavy atom. The second-order valence-corrected chi connectivity index (χ2v) is 4.26. The monoisotopic (exact) mass is 271 g/mol. The molecule has 0 aromatic heterocycles. The number of hydrogen-bond donors (Lipinski definition) is 0. The highest BCUT2D eigenvalue weighted by atomic mass is 19.4. The highest BCUT2D eigenvalue weighted by Crippen LogP contribution is 2.42. The minimum absolute atomic E-state index is 0.116. The first-order valence-electron chi connectivity index (χ1n) is 5.58. The van der Waals surface area contributed by atoms with Crippen LogP contribution in [0.2, 0.25) is 0 Å². The minimum Gasteiger partial charge on any atom is -0.370 e. The van der Waals surface area contributed by atoms with Crippen molar-refractivity contribution < 1.29 is 26.7 Å². The van der Waals surface area contributed by atoms with Crippen molar-refractivity contribution in [3.8, 4) is 0 Å². The number of carbonyl (C=O) groups is 1. The van der Waals surface area contributed by atoms with E-state index in [2.05, 4.69) is 0 Å². The van der Waals surface area contributed by atoms with Gasteiger partial charge in [0.1, 0.15) is 0 Å². The van der Waals surface area contributed by atoms with Gasteiger partial charge in [-0.15, -0.1) is 0 Å². The van der Waals surface area contributed by atoms with Gasteiger partial charge in [0, 0.05) is 19.2 Å². The summed E-state index contributed by atoms with van der Waals surface area (Å²) in [6.45, 7) is 1.19. The van der Waals surface area contributed by atoms with Crippen molar-refractivity contribution in [1.29, 1.82) is 0 Å². The third-order valence-corrected chi connectivity index (χ3v) is 2.71. The van der Waals surface area contributed by atoms with Gasteiger partial charge < -0.3 is 4.90 Å². The van der Waals surface area contributed by atoms with Gasteiger partial charge in [0.25, 0.3) is 0 Å². The standard InChI is InChI=1S/C11H14F5NO/c1-8(18)7-9(10(12,13)11(14,15)16)17-5-3-2-4-6-17/h7H,2-6H2,1H3/b9-7-. The molecule has 104 valence electrons. The smallest absolute Gasteiger partial charge is 0.370 e. The van der Waals surface area contributed by atoms with Crippen LogP contribution in [0.15, 0.2) is 11.8 Å². The second kappa shape index (κ2) is 5.24. The van der Waals surface area contributed by atoms with Crippen LogP contribution in [0, 0.1) is 0 Å². The maximum atomic E-state index is 13.4. The van der Waals surface area contributed by atoms with E-state index >= 15 is 0 Å². The zero-order chi connectivity index (χ0) is 14.0. The molecule has 0 spiro atoms. The first-order valence-corrected chi connectivity index (χ1v) is 5.58. The molecule has 0 N–H and O–H groups in total. The molecule has 18 heavy (non-hydrogen) atoms. The van der Waals surface area contributed by atoms with Crippen molar-refractivity contribution in [3.05, 3.63) is 11.8 Å². The first-order chi connectivity index (χ1) is 8.16. The van der Waals surface area contributed by atoms with Crippen LogP contribution in [0.1, 0.15) is 26.2 Å². The Bertz CT molecular complexity index is 342. The highest BCUT2D eigenvalue weighted by Gasteiger charge is 2.61. The van der Waals surface area contributed by atoms with Crippen LogP contribution in [0.25, 0.3) is 0 Å². The lowest BCUT2D eigenvalue weighted by Crippen LogP contribution is -2.46. The molecule has 1 saturated heterocycles. The van der Waals surface area contributed by atoms with E-state index in [4.69, 9.17) is 0 Å². The van der Waals surface area contributed by atoms with Crippen LogP contribution in [0.3, 0.4) is 0 Å². The van der Waals surface area contributed by atoms with Gasteiger partial charge in [-0.1, -0.05) is 0 Å². The Hall–Kier alpha value is -1.14. The van der Waals surface area contributed by atoms with E-state index in [1.165, 1.54) is 0 Å². The average Bonchev–Trinajstić information content (AvgIpc) is 2.25. The Balaban J connectivity index is 3.09. The molecular weight excluding hydrogens is 257 g/mol. The number of allylic oxidation sites excluding steroid dienone is 2. The summed E-state index contributed by atoms with van der Waals surface area (Å²) in [5.74, 6) is -5.81. The molecule has 0 bridgehead atoms. The quantitative estimate of drug-likeness (QED) is 0.580. The van der Waals surface area contributed by atoms with Crippen LogP contribution in [-0.4, -0.2) is 35.9 Å². The third kappa shape index (κ3) is 3.20. The molecule has 1 aliphatic rings. The second-order valence-electron chi connectivity index (χ2n) is 4.26. The summed E-state index contributed by atoms with van der Waals surface area (Å²) in [5, 5.41) is 0. The SMILES string of the molecule is CC(=O)/C=C(\N1CCCCC1)C(F)(F)C(F)(F)F. The van der Waals surface area contributed by atoms with Gasteiger partial charge in [0.2, 0.25) is 0 Å². The molecule has 2 nitrogen and oxygen atoms in total. The van der Waals surface area contributed by atoms with Gasteiger partial charge in [-0.05, 0) is 26.2 Å². The maximum absolute atomic E-state index is 13.4. The molecule has 0 saturated carbocycles. The molecule has 1 heterocycles. The Morgan fingerprint density at radius 3 is 1.94 bits per heavy atom. The number of alkyl halides is 5. The lowest BCUT2D eigenvalue weighted by molar-refractivity contribution is -0.271. The van der Waals surface area contributed by atoms with Gasteiger partial charge in [0.15, 0.2) is 5.78 Å². The fourth-order valence-electron chi connectivity index (χ4n) is 1.85. The first kappa shape index (κ1) is 14.9. The van der Waals surface area contributed by atoms with Gasteiger partial charge in [-0.2, -0.15) is 22.0 Å². The van der Waals surface area contributed by atoms with E-state index in [9.17, 15) is 26.7 Å². The highest BCUT2D eigenvalue weighted by molar-refractivity contribution is 5.88. The van der Waals surface area contributed by atoms with Gasteiger partial charge in [0.05, 0.1) is 5.70 Å². The van der Waals surface area contributed by atoms with E-state index < -0.39 is 23.6 Å². The fraction of sp³-hybridized carbons (Fsp3) is 0.727. The molecule has 0 amide bonds. The normalized spacial score (nSPS) is 19.0. The number of nitrogens with zero attached hydrogens (tertiary/aromatic N) is 1. The third-order valence-electron chi connectivity index (χ3n) is 2.71. The molecular formula is C11H14F5NO. The molecule has 0 radical (unpaired) electrons. The molecule has 1 rings (SSSR count). The molecule has 0 unspecified atom stereocenters. The Labute approximate surface area is 101 Å². The van der Waals surface area contributed by atoms with Crippen molar-refractivity contribution in [3.63, 3.8) is 0 Å². The average molecular weight is 271 g/mol. The van der Waals surface area contributed by atoms with Gasteiger partial charge >= 0.3 is 12.1 Å². The number of ketones is 1. The van der Waals surface area contributed by atoms with Crippen LogP contribution >= 0.6 is 0 Å². The predicted molar refractivity (Wildman–Crippen MR) is 55.2 cm³/mol. The predicted octanol–water partition coefficient (Wildman–Crippen LogP) is 3.14. The molecule has 0 aliphatic carbocycles. The molecule has 7 heteroatoms. The molecule has 0 aromatic rings. The van der Waals surface area contributed by atoms with E-state index in [1.54, 1.807) is 0 Å². The molecule has 0 aromatic carbocycles. The largest absolute Gasteiger partial charge is 0.459 e. The van der Waals surface area contributed by atoms with Crippen LogP contribution in [-0.2, 0) is 4.79 Å². The van der Waals surface area contributed by atoms with E-state index in [-0.39, 0.29) is 13.1 Å². The van der Waals surface area contributed by atoms with E-state index in [1.807, 2.05) is 0 Å². The molecule has 1 aliphatic heterocycles. The number of halogens is 5. The Kier molecular flexibility index (Phi) is 4.34. The van der Waals surface area contributed by atoms with Crippen molar-refractivity contribution in [1.82, 2.24) is 4.90 Å². The number of rotatable bonds is 3. The van der Waals surface area contributed by atoms with Crippen LogP contribution < -0.4 is 0 Å².